The van der Waals surface area contributed by atoms with Gasteiger partial charge in [-0.3, -0.25) is 4.68 Å². The van der Waals surface area contributed by atoms with Gasteiger partial charge in [-0.15, -0.1) is 0 Å². The molecule has 0 aliphatic carbocycles. The highest BCUT2D eigenvalue weighted by molar-refractivity contribution is 5.85. The first-order chi connectivity index (χ1) is 11.5. The third kappa shape index (κ3) is 2.13. The lowest BCUT2D eigenvalue weighted by molar-refractivity contribution is 0.315. The molecule has 4 aromatic rings. The Bertz CT molecular complexity index is 1020. The summed E-state index contributed by atoms with van der Waals surface area (Å²) in [4.78, 5) is 4.36. The standard InChI is InChI=1S/C15H15N7O2/c1-7-11(13(16)14-15(18-7)21-24-20-14)6-22-5-10(4-17-22)12-8(2)19-23-9(12)3/h4-5H,6,16H2,1-3H3. The monoisotopic (exact) mass is 325 g/mol. The molecule has 122 valence electrons. The number of nitrogen functional groups attached to an aromatic ring is 1. The van der Waals surface area contributed by atoms with Gasteiger partial charge in [-0.2, -0.15) is 5.10 Å². The molecule has 0 unspecified atom stereocenters. The van der Waals surface area contributed by atoms with E-state index in [9.17, 15) is 0 Å². The Kier molecular flexibility index (Phi) is 3.08. The van der Waals surface area contributed by atoms with E-state index < -0.39 is 0 Å². The summed E-state index contributed by atoms with van der Waals surface area (Å²) in [6, 6.07) is 0. The van der Waals surface area contributed by atoms with Gasteiger partial charge in [-0.1, -0.05) is 5.16 Å². The van der Waals surface area contributed by atoms with Gasteiger partial charge < -0.3 is 10.3 Å². The van der Waals surface area contributed by atoms with E-state index in [1.165, 1.54) is 0 Å². The van der Waals surface area contributed by atoms with Crippen molar-refractivity contribution in [2.24, 2.45) is 0 Å². The van der Waals surface area contributed by atoms with E-state index in [-0.39, 0.29) is 0 Å². The van der Waals surface area contributed by atoms with Crippen LogP contribution in [0.2, 0.25) is 0 Å². The summed E-state index contributed by atoms with van der Waals surface area (Å²) in [5.74, 6) is 0.763. The number of anilines is 1. The summed E-state index contributed by atoms with van der Waals surface area (Å²) >= 11 is 0. The van der Waals surface area contributed by atoms with E-state index >= 15 is 0 Å². The van der Waals surface area contributed by atoms with Crippen molar-refractivity contribution >= 4 is 16.9 Å². The number of hydrogen-bond donors (Lipinski definition) is 1. The van der Waals surface area contributed by atoms with Crippen LogP contribution in [0.15, 0.2) is 21.5 Å². The van der Waals surface area contributed by atoms with Crippen LogP contribution in [0.5, 0.6) is 0 Å². The molecular formula is C15H15N7O2. The van der Waals surface area contributed by atoms with E-state index in [0.717, 1.165) is 33.8 Å². The van der Waals surface area contributed by atoms with Gasteiger partial charge in [-0.05, 0) is 31.1 Å². The van der Waals surface area contributed by atoms with Gasteiger partial charge in [0, 0.05) is 23.0 Å². The summed E-state index contributed by atoms with van der Waals surface area (Å²) in [7, 11) is 0. The molecule has 0 atom stereocenters. The normalized spacial score (nSPS) is 11.5. The zero-order chi connectivity index (χ0) is 16.8. The molecule has 0 saturated heterocycles. The molecule has 2 N–H and O–H groups in total. The Morgan fingerprint density at radius 3 is 2.71 bits per heavy atom. The molecule has 0 saturated carbocycles. The first-order valence-corrected chi connectivity index (χ1v) is 7.37. The molecule has 4 heterocycles. The van der Waals surface area contributed by atoms with Crippen LogP contribution in [0.3, 0.4) is 0 Å². The first kappa shape index (κ1) is 14.4. The highest BCUT2D eigenvalue weighted by Crippen LogP contribution is 2.28. The molecular weight excluding hydrogens is 310 g/mol. The number of aryl methyl sites for hydroxylation is 3. The largest absolute Gasteiger partial charge is 0.396 e. The van der Waals surface area contributed by atoms with Crippen LogP contribution < -0.4 is 5.73 Å². The minimum absolute atomic E-state index is 0.408. The van der Waals surface area contributed by atoms with Crippen LogP contribution in [0.25, 0.3) is 22.3 Å². The molecule has 0 amide bonds. The van der Waals surface area contributed by atoms with Gasteiger partial charge >= 0.3 is 0 Å². The molecule has 0 radical (unpaired) electrons. The number of nitrogens with two attached hydrogens (primary N) is 1. The van der Waals surface area contributed by atoms with Gasteiger partial charge in [0.1, 0.15) is 5.76 Å². The number of nitrogens with zero attached hydrogens (tertiary/aromatic N) is 6. The predicted octanol–water partition coefficient (Wildman–Crippen LogP) is 2.03. The predicted molar refractivity (Wildman–Crippen MR) is 85.0 cm³/mol. The summed E-state index contributed by atoms with van der Waals surface area (Å²) in [6.07, 6.45) is 3.71. The van der Waals surface area contributed by atoms with E-state index in [0.29, 0.717) is 23.4 Å². The minimum atomic E-state index is 0.408. The molecule has 4 aromatic heterocycles. The smallest absolute Gasteiger partial charge is 0.226 e. The highest BCUT2D eigenvalue weighted by atomic mass is 16.6. The Hall–Kier alpha value is -3.23. The molecule has 9 nitrogen and oxygen atoms in total. The fourth-order valence-corrected chi connectivity index (χ4v) is 2.83. The van der Waals surface area contributed by atoms with Crippen LogP contribution in [0.1, 0.15) is 22.7 Å². The second-order valence-electron chi connectivity index (χ2n) is 5.65. The molecule has 9 heteroatoms. The average molecular weight is 325 g/mol. The van der Waals surface area contributed by atoms with Crippen molar-refractivity contribution in [2.75, 3.05) is 5.73 Å². The van der Waals surface area contributed by atoms with E-state index in [2.05, 4.69) is 25.6 Å². The van der Waals surface area contributed by atoms with Crippen molar-refractivity contribution in [2.45, 2.75) is 27.3 Å². The van der Waals surface area contributed by atoms with E-state index in [4.69, 9.17) is 14.9 Å². The van der Waals surface area contributed by atoms with Gasteiger partial charge in [0.05, 0.1) is 29.7 Å². The molecule has 0 aliphatic heterocycles. The third-order valence-electron chi connectivity index (χ3n) is 4.04. The van der Waals surface area contributed by atoms with E-state index in [1.54, 1.807) is 10.9 Å². The maximum Gasteiger partial charge on any atom is 0.226 e. The van der Waals surface area contributed by atoms with Gasteiger partial charge in [-0.25, -0.2) is 9.61 Å². The Morgan fingerprint density at radius 2 is 1.96 bits per heavy atom. The Balaban J connectivity index is 1.72. The quantitative estimate of drug-likeness (QED) is 0.607. The van der Waals surface area contributed by atoms with Gasteiger partial charge in [0.25, 0.3) is 0 Å². The second-order valence-corrected chi connectivity index (χ2v) is 5.65. The third-order valence-corrected chi connectivity index (χ3v) is 4.04. The first-order valence-electron chi connectivity index (χ1n) is 7.37. The second kappa shape index (κ2) is 5.15. The van der Waals surface area contributed by atoms with Crippen molar-refractivity contribution in [1.29, 1.82) is 0 Å². The maximum absolute atomic E-state index is 6.19. The molecule has 24 heavy (non-hydrogen) atoms. The van der Waals surface area contributed by atoms with Crippen LogP contribution >= 0.6 is 0 Å². The van der Waals surface area contributed by atoms with Crippen LogP contribution in [-0.2, 0) is 6.54 Å². The lowest BCUT2D eigenvalue weighted by Crippen LogP contribution is -2.07. The zero-order valence-corrected chi connectivity index (χ0v) is 13.4. The molecule has 4 rings (SSSR count). The number of hydrogen-bond acceptors (Lipinski definition) is 8. The zero-order valence-electron chi connectivity index (χ0n) is 13.4. The van der Waals surface area contributed by atoms with Gasteiger partial charge in [0.15, 0.2) is 5.52 Å². The number of rotatable bonds is 3. The minimum Gasteiger partial charge on any atom is -0.396 e. The average Bonchev–Trinajstić information content (AvgIpc) is 3.25. The molecule has 0 spiro atoms. The Labute approximate surface area is 136 Å². The lowest BCUT2D eigenvalue weighted by atomic mass is 10.1. The lowest BCUT2D eigenvalue weighted by Gasteiger charge is -2.08. The van der Waals surface area contributed by atoms with Crippen LogP contribution in [0, 0.1) is 20.8 Å². The number of aromatic nitrogens is 6. The molecule has 0 bridgehead atoms. The van der Waals surface area contributed by atoms with Crippen LogP contribution in [-0.4, -0.2) is 30.2 Å². The summed E-state index contributed by atoms with van der Waals surface area (Å²) < 4.78 is 11.7. The summed E-state index contributed by atoms with van der Waals surface area (Å²) in [6.45, 7) is 6.13. The fraction of sp³-hybridized carbons (Fsp3) is 0.267. The number of pyridine rings is 1. The molecule has 0 aromatic carbocycles. The van der Waals surface area contributed by atoms with Crippen molar-refractivity contribution < 1.29 is 9.15 Å². The fourth-order valence-electron chi connectivity index (χ4n) is 2.83. The maximum atomic E-state index is 6.19. The van der Waals surface area contributed by atoms with Gasteiger partial charge in [0.2, 0.25) is 5.65 Å². The summed E-state index contributed by atoms with van der Waals surface area (Å²) in [5, 5.41) is 15.9. The van der Waals surface area contributed by atoms with Crippen molar-refractivity contribution in [1.82, 2.24) is 30.2 Å². The SMILES string of the molecule is Cc1nc2nonc2c(N)c1Cn1cc(-c2c(C)noc2C)cn1. The molecule has 0 aliphatic rings. The Morgan fingerprint density at radius 1 is 1.12 bits per heavy atom. The molecule has 0 fully saturated rings. The topological polar surface area (TPSA) is 122 Å². The summed E-state index contributed by atoms with van der Waals surface area (Å²) in [5.41, 5.74) is 11.9. The van der Waals surface area contributed by atoms with Crippen LogP contribution in [0.4, 0.5) is 5.69 Å². The van der Waals surface area contributed by atoms with Crippen molar-refractivity contribution in [3.05, 3.63) is 35.1 Å². The number of fused-ring (bicyclic) bond motifs is 1. The highest BCUT2D eigenvalue weighted by Gasteiger charge is 2.17. The van der Waals surface area contributed by atoms with E-state index in [1.807, 2.05) is 27.0 Å². The van der Waals surface area contributed by atoms with Crippen molar-refractivity contribution in [3.63, 3.8) is 0 Å². The van der Waals surface area contributed by atoms with Crippen molar-refractivity contribution in [3.8, 4) is 11.1 Å².